The van der Waals surface area contributed by atoms with E-state index in [-0.39, 0.29) is 0 Å². The lowest BCUT2D eigenvalue weighted by atomic mass is 9.92. The second kappa shape index (κ2) is 6.92. The molecule has 1 aliphatic rings. The molecule has 0 bridgehead atoms. The topological polar surface area (TPSA) is 53.4 Å². The fourth-order valence-corrected chi connectivity index (χ4v) is 3.27. The summed E-state index contributed by atoms with van der Waals surface area (Å²) in [7, 11) is 2.19. The number of carboxylic acids is 1. The monoisotopic (exact) mass is 310 g/mol. The standard InChI is InChI=1S/C19H22N2O2/c1-21-10-2-3-15(13-21)11-14-4-9-18(20-12-14)16-5-7-17(8-6-16)19(22)23/h4-9,12,15H,2-3,10-11,13H2,1H3,(H,22,23)/t15-/m1/s1. The second-order valence-corrected chi connectivity index (χ2v) is 6.41. The molecule has 3 rings (SSSR count). The van der Waals surface area contributed by atoms with Crippen LogP contribution in [0.15, 0.2) is 42.6 Å². The molecule has 1 N–H and O–H groups in total. The molecule has 23 heavy (non-hydrogen) atoms. The zero-order valence-corrected chi connectivity index (χ0v) is 13.4. The van der Waals surface area contributed by atoms with E-state index < -0.39 is 5.97 Å². The van der Waals surface area contributed by atoms with Crippen molar-refractivity contribution in [1.29, 1.82) is 0 Å². The lowest BCUT2D eigenvalue weighted by Gasteiger charge is -2.29. The number of carboxylic acid groups (broad SMARTS) is 1. The highest BCUT2D eigenvalue weighted by Gasteiger charge is 2.17. The highest BCUT2D eigenvalue weighted by atomic mass is 16.4. The van der Waals surface area contributed by atoms with E-state index in [0.717, 1.165) is 23.6 Å². The van der Waals surface area contributed by atoms with Crippen LogP contribution in [0.5, 0.6) is 0 Å². The van der Waals surface area contributed by atoms with Crippen LogP contribution in [0.25, 0.3) is 11.3 Å². The van der Waals surface area contributed by atoms with E-state index in [2.05, 4.69) is 23.0 Å². The highest BCUT2D eigenvalue weighted by Crippen LogP contribution is 2.22. The molecule has 0 unspecified atom stereocenters. The minimum Gasteiger partial charge on any atom is -0.478 e. The Balaban J connectivity index is 1.68. The Morgan fingerprint density at radius 1 is 1.26 bits per heavy atom. The van der Waals surface area contributed by atoms with E-state index in [1.807, 2.05) is 24.4 Å². The van der Waals surface area contributed by atoms with Crippen LogP contribution >= 0.6 is 0 Å². The first-order chi connectivity index (χ1) is 11.1. The largest absolute Gasteiger partial charge is 0.478 e. The maximum Gasteiger partial charge on any atom is 0.335 e. The number of nitrogens with zero attached hydrogens (tertiary/aromatic N) is 2. The Hall–Kier alpha value is -2.20. The lowest BCUT2D eigenvalue weighted by molar-refractivity contribution is 0.0697. The smallest absolute Gasteiger partial charge is 0.335 e. The first-order valence-electron chi connectivity index (χ1n) is 8.09. The summed E-state index contributed by atoms with van der Waals surface area (Å²) in [5.74, 6) is -0.187. The number of carbonyl (C=O) groups is 1. The van der Waals surface area contributed by atoms with Gasteiger partial charge in [-0.15, -0.1) is 0 Å². The third-order valence-corrected chi connectivity index (χ3v) is 4.50. The molecule has 1 aliphatic heterocycles. The third-order valence-electron chi connectivity index (χ3n) is 4.50. The van der Waals surface area contributed by atoms with Crippen molar-refractivity contribution in [2.45, 2.75) is 19.3 Å². The number of hydrogen-bond acceptors (Lipinski definition) is 3. The first kappa shape index (κ1) is 15.7. The number of rotatable bonds is 4. The van der Waals surface area contributed by atoms with Gasteiger partial charge in [-0.3, -0.25) is 4.98 Å². The molecular formula is C19H22N2O2. The summed E-state index contributed by atoms with van der Waals surface area (Å²) in [6.07, 6.45) is 5.61. The summed E-state index contributed by atoms with van der Waals surface area (Å²) < 4.78 is 0. The van der Waals surface area contributed by atoms with Crippen molar-refractivity contribution >= 4 is 5.97 Å². The number of hydrogen-bond donors (Lipinski definition) is 1. The van der Waals surface area contributed by atoms with E-state index in [4.69, 9.17) is 5.11 Å². The average molecular weight is 310 g/mol. The minimum atomic E-state index is -0.905. The molecule has 1 saturated heterocycles. The number of likely N-dealkylation sites (tertiary alicyclic amines) is 1. The van der Waals surface area contributed by atoms with Gasteiger partial charge in [0, 0.05) is 18.3 Å². The first-order valence-corrected chi connectivity index (χ1v) is 8.09. The quantitative estimate of drug-likeness (QED) is 0.941. The lowest BCUT2D eigenvalue weighted by Crippen LogP contribution is -2.32. The Morgan fingerprint density at radius 3 is 2.65 bits per heavy atom. The second-order valence-electron chi connectivity index (χ2n) is 6.41. The summed E-state index contributed by atoms with van der Waals surface area (Å²) in [6, 6.07) is 11.0. The summed E-state index contributed by atoms with van der Waals surface area (Å²) >= 11 is 0. The molecule has 2 heterocycles. The normalized spacial score (nSPS) is 18.7. The van der Waals surface area contributed by atoms with Gasteiger partial charge in [-0.05, 0) is 62.5 Å². The van der Waals surface area contributed by atoms with Gasteiger partial charge in [0.15, 0.2) is 0 Å². The Bertz CT molecular complexity index is 665. The fraction of sp³-hybridized carbons (Fsp3) is 0.368. The summed E-state index contributed by atoms with van der Waals surface area (Å²) in [4.78, 5) is 17.8. The molecule has 2 aromatic rings. The third kappa shape index (κ3) is 3.96. The minimum absolute atomic E-state index is 0.298. The van der Waals surface area contributed by atoms with Crippen molar-refractivity contribution in [2.75, 3.05) is 20.1 Å². The molecule has 0 radical (unpaired) electrons. The van der Waals surface area contributed by atoms with Crippen molar-refractivity contribution in [2.24, 2.45) is 5.92 Å². The average Bonchev–Trinajstić information content (AvgIpc) is 2.56. The van der Waals surface area contributed by atoms with Crippen molar-refractivity contribution in [1.82, 2.24) is 9.88 Å². The van der Waals surface area contributed by atoms with Gasteiger partial charge < -0.3 is 10.0 Å². The van der Waals surface area contributed by atoms with Gasteiger partial charge in [0.25, 0.3) is 0 Å². The Labute approximate surface area is 136 Å². The summed E-state index contributed by atoms with van der Waals surface area (Å²) in [6.45, 7) is 2.37. The van der Waals surface area contributed by atoms with E-state index in [1.54, 1.807) is 12.1 Å². The molecule has 0 amide bonds. The van der Waals surface area contributed by atoms with Crippen LogP contribution in [0, 0.1) is 5.92 Å². The number of aromatic carboxylic acids is 1. The summed E-state index contributed by atoms with van der Waals surface area (Å²) in [5, 5.41) is 8.94. The van der Waals surface area contributed by atoms with Gasteiger partial charge in [-0.2, -0.15) is 0 Å². The van der Waals surface area contributed by atoms with Crippen LogP contribution in [0.3, 0.4) is 0 Å². The SMILES string of the molecule is CN1CCC[C@H](Cc2ccc(-c3ccc(C(=O)O)cc3)nc2)C1. The fourth-order valence-electron chi connectivity index (χ4n) is 3.27. The Kier molecular flexibility index (Phi) is 4.72. The van der Waals surface area contributed by atoms with Crippen molar-refractivity contribution < 1.29 is 9.90 Å². The van der Waals surface area contributed by atoms with Gasteiger partial charge in [-0.1, -0.05) is 18.2 Å². The van der Waals surface area contributed by atoms with Crippen LogP contribution in [0.4, 0.5) is 0 Å². The van der Waals surface area contributed by atoms with Gasteiger partial charge in [0.2, 0.25) is 0 Å². The van der Waals surface area contributed by atoms with Gasteiger partial charge in [0.05, 0.1) is 11.3 Å². The maximum atomic E-state index is 10.9. The van der Waals surface area contributed by atoms with E-state index in [1.165, 1.54) is 31.5 Å². The molecular weight excluding hydrogens is 288 g/mol. The van der Waals surface area contributed by atoms with Gasteiger partial charge >= 0.3 is 5.97 Å². The number of pyridine rings is 1. The van der Waals surface area contributed by atoms with Crippen molar-refractivity contribution in [3.05, 3.63) is 53.7 Å². The van der Waals surface area contributed by atoms with Crippen LogP contribution in [0.1, 0.15) is 28.8 Å². The molecule has 0 spiro atoms. The molecule has 1 aromatic carbocycles. The van der Waals surface area contributed by atoms with E-state index in [0.29, 0.717) is 5.56 Å². The molecule has 0 aliphatic carbocycles. The highest BCUT2D eigenvalue weighted by molar-refractivity contribution is 5.88. The van der Waals surface area contributed by atoms with Crippen LogP contribution in [0.2, 0.25) is 0 Å². The van der Waals surface area contributed by atoms with E-state index >= 15 is 0 Å². The van der Waals surface area contributed by atoms with E-state index in [9.17, 15) is 4.79 Å². The molecule has 120 valence electrons. The molecule has 0 saturated carbocycles. The Morgan fingerprint density at radius 2 is 2.04 bits per heavy atom. The maximum absolute atomic E-state index is 10.9. The number of benzene rings is 1. The molecule has 4 nitrogen and oxygen atoms in total. The summed E-state index contributed by atoms with van der Waals surface area (Å²) in [5.41, 5.74) is 3.40. The zero-order valence-electron chi connectivity index (χ0n) is 13.4. The van der Waals surface area contributed by atoms with Gasteiger partial charge in [-0.25, -0.2) is 4.79 Å². The molecule has 1 fully saturated rings. The molecule has 1 atom stereocenters. The predicted octanol–water partition coefficient (Wildman–Crippen LogP) is 3.33. The van der Waals surface area contributed by atoms with Crippen molar-refractivity contribution in [3.63, 3.8) is 0 Å². The molecule has 4 heteroatoms. The van der Waals surface area contributed by atoms with Crippen LogP contribution in [-0.2, 0) is 6.42 Å². The predicted molar refractivity (Wildman–Crippen MR) is 90.6 cm³/mol. The van der Waals surface area contributed by atoms with Gasteiger partial charge in [0.1, 0.15) is 0 Å². The number of aromatic nitrogens is 1. The van der Waals surface area contributed by atoms with Crippen LogP contribution in [-0.4, -0.2) is 41.1 Å². The number of piperidine rings is 1. The van der Waals surface area contributed by atoms with Crippen molar-refractivity contribution in [3.8, 4) is 11.3 Å². The molecule has 1 aromatic heterocycles. The zero-order chi connectivity index (χ0) is 16.2. The van der Waals surface area contributed by atoms with Crippen LogP contribution < -0.4 is 0 Å².